The number of nitrogens with two attached hydrogens (primary N) is 1. The van der Waals surface area contributed by atoms with Crippen molar-refractivity contribution in [1.29, 1.82) is 0 Å². The number of carbonyl (C=O) groups is 2. The molecular weight excluding hydrogens is 378 g/mol. The molecule has 0 bridgehead atoms. The van der Waals surface area contributed by atoms with Gasteiger partial charge < -0.3 is 20.6 Å². The molecule has 4 N–H and O–H groups in total. The van der Waals surface area contributed by atoms with E-state index >= 15 is 0 Å². The molecule has 3 aromatic rings. The fourth-order valence-electron chi connectivity index (χ4n) is 2.91. The zero-order chi connectivity index (χ0) is 21.5. The van der Waals surface area contributed by atoms with Crippen LogP contribution in [0.2, 0.25) is 0 Å². The number of H-pyrrole nitrogens is 1. The number of hydrogen-bond acceptors (Lipinski definition) is 6. The normalized spacial score (nSPS) is 11.4. The van der Waals surface area contributed by atoms with Crippen molar-refractivity contribution in [3.8, 4) is 11.3 Å². The molecule has 0 radical (unpaired) electrons. The van der Waals surface area contributed by atoms with E-state index in [9.17, 15) is 24.8 Å². The van der Waals surface area contributed by atoms with Gasteiger partial charge in [-0.3, -0.25) is 10.1 Å². The Morgan fingerprint density at radius 1 is 1.14 bits per heavy atom. The molecule has 0 aliphatic rings. The average Bonchev–Trinajstić information content (AvgIpc) is 3.02. The number of carbonyl (C=O) groups excluding carboxylic acids is 1. The number of non-ortho nitro benzene ring substituents is 1. The van der Waals surface area contributed by atoms with Crippen LogP contribution in [0.3, 0.4) is 0 Å². The second kappa shape index (κ2) is 6.93. The first kappa shape index (κ1) is 19.9. The second-order valence-electron chi connectivity index (χ2n) is 7.51. The number of nitrogen functional groups attached to an aromatic ring is 1. The van der Waals surface area contributed by atoms with E-state index in [1.807, 2.05) is 0 Å². The third kappa shape index (κ3) is 4.03. The smallest absolute Gasteiger partial charge is 0.338 e. The molecule has 1 aromatic heterocycles. The minimum absolute atomic E-state index is 0.186. The number of ether oxygens (including phenoxy) is 1. The number of hydrogen-bond donors (Lipinski definition) is 3. The summed E-state index contributed by atoms with van der Waals surface area (Å²) in [5.74, 6) is -1.78. The van der Waals surface area contributed by atoms with Crippen LogP contribution >= 0.6 is 0 Å². The van der Waals surface area contributed by atoms with E-state index in [-0.39, 0.29) is 28.0 Å². The van der Waals surface area contributed by atoms with E-state index in [0.717, 1.165) is 6.07 Å². The molecule has 0 aliphatic carbocycles. The van der Waals surface area contributed by atoms with Gasteiger partial charge >= 0.3 is 11.9 Å². The monoisotopic (exact) mass is 397 g/mol. The van der Waals surface area contributed by atoms with Gasteiger partial charge in [-0.2, -0.15) is 0 Å². The van der Waals surface area contributed by atoms with E-state index in [2.05, 4.69) is 4.98 Å². The standard InChI is InChI=1S/C20H19N3O6/c1-20(2,3)29-19(26)10-4-5-13(14(21)7-10)15-8-11-6-12(18(24)25)9-16(23(27)28)17(11)22-15/h4-9,22H,21H2,1-3H3,(H,24,25). The lowest BCUT2D eigenvalue weighted by Gasteiger charge is -2.19. The number of esters is 1. The van der Waals surface area contributed by atoms with Gasteiger partial charge in [0.15, 0.2) is 0 Å². The lowest BCUT2D eigenvalue weighted by atomic mass is 10.1. The topological polar surface area (TPSA) is 149 Å². The molecular formula is C20H19N3O6. The largest absolute Gasteiger partial charge is 0.478 e. The maximum atomic E-state index is 12.2. The lowest BCUT2D eigenvalue weighted by molar-refractivity contribution is -0.383. The van der Waals surface area contributed by atoms with Crippen molar-refractivity contribution in [3.05, 3.63) is 57.6 Å². The molecule has 3 rings (SSSR count). The summed E-state index contributed by atoms with van der Waals surface area (Å²) in [7, 11) is 0. The fraction of sp³-hybridized carbons (Fsp3) is 0.200. The Kier molecular flexibility index (Phi) is 4.75. The molecule has 29 heavy (non-hydrogen) atoms. The predicted octanol–water partition coefficient (Wildman–Crippen LogP) is 3.98. The highest BCUT2D eigenvalue weighted by atomic mass is 16.6. The van der Waals surface area contributed by atoms with Crippen molar-refractivity contribution in [1.82, 2.24) is 4.98 Å². The Balaban J connectivity index is 2.07. The average molecular weight is 397 g/mol. The SMILES string of the molecule is CC(C)(C)OC(=O)c1ccc(-c2cc3cc(C(=O)O)cc([N+](=O)[O-])c3[nH]2)c(N)c1. The molecule has 150 valence electrons. The number of rotatable bonds is 4. The van der Waals surface area contributed by atoms with Crippen LogP contribution in [0.1, 0.15) is 41.5 Å². The number of fused-ring (bicyclic) bond motifs is 1. The molecule has 9 heteroatoms. The van der Waals surface area contributed by atoms with E-state index < -0.39 is 22.5 Å². The first-order valence-corrected chi connectivity index (χ1v) is 8.64. The fourth-order valence-corrected chi connectivity index (χ4v) is 2.91. The van der Waals surface area contributed by atoms with Crippen molar-refractivity contribution < 1.29 is 24.4 Å². The number of carboxylic acids is 1. The quantitative estimate of drug-likeness (QED) is 0.261. The zero-order valence-electron chi connectivity index (χ0n) is 16.0. The molecule has 9 nitrogen and oxygen atoms in total. The molecule has 0 atom stereocenters. The van der Waals surface area contributed by atoms with Crippen molar-refractivity contribution in [2.24, 2.45) is 0 Å². The second-order valence-corrected chi connectivity index (χ2v) is 7.51. The predicted molar refractivity (Wildman–Crippen MR) is 107 cm³/mol. The van der Waals surface area contributed by atoms with Gasteiger partial charge in [-0.25, -0.2) is 9.59 Å². The number of aromatic nitrogens is 1. The maximum Gasteiger partial charge on any atom is 0.338 e. The van der Waals surface area contributed by atoms with Crippen LogP contribution in [-0.4, -0.2) is 32.6 Å². The third-order valence-electron chi connectivity index (χ3n) is 4.13. The highest BCUT2D eigenvalue weighted by molar-refractivity contribution is 6.00. The number of benzene rings is 2. The van der Waals surface area contributed by atoms with Crippen molar-refractivity contribution in [2.75, 3.05) is 5.73 Å². The molecule has 1 heterocycles. The summed E-state index contributed by atoms with van der Waals surface area (Å²) >= 11 is 0. The van der Waals surface area contributed by atoms with Crippen LogP contribution in [0, 0.1) is 10.1 Å². The number of nitrogens with one attached hydrogen (secondary N) is 1. The minimum atomic E-state index is -1.26. The van der Waals surface area contributed by atoms with Crippen molar-refractivity contribution in [2.45, 2.75) is 26.4 Å². The lowest BCUT2D eigenvalue weighted by Crippen LogP contribution is -2.23. The number of aromatic amines is 1. The summed E-state index contributed by atoms with van der Waals surface area (Å²) < 4.78 is 5.32. The number of anilines is 1. The first-order chi connectivity index (χ1) is 13.5. The number of nitro benzene ring substituents is 1. The summed E-state index contributed by atoms with van der Waals surface area (Å²) in [6.45, 7) is 5.27. The van der Waals surface area contributed by atoms with E-state index in [1.165, 1.54) is 12.1 Å². The Bertz CT molecular complexity index is 1160. The van der Waals surface area contributed by atoms with Gasteiger partial charge in [0, 0.05) is 28.4 Å². The molecule has 0 amide bonds. The summed E-state index contributed by atoms with van der Waals surface area (Å²) in [6.07, 6.45) is 0. The van der Waals surface area contributed by atoms with Gasteiger partial charge in [0.1, 0.15) is 11.1 Å². The summed E-state index contributed by atoms with van der Waals surface area (Å²) in [5, 5.41) is 20.9. The molecule has 2 aromatic carbocycles. The van der Waals surface area contributed by atoms with Crippen molar-refractivity contribution in [3.63, 3.8) is 0 Å². The molecule has 0 aliphatic heterocycles. The molecule has 0 saturated carbocycles. The van der Waals surface area contributed by atoms with Crippen molar-refractivity contribution >= 4 is 34.2 Å². The van der Waals surface area contributed by atoms with Crippen LogP contribution in [0.15, 0.2) is 36.4 Å². The highest BCUT2D eigenvalue weighted by Gasteiger charge is 2.21. The molecule has 0 saturated heterocycles. The molecule has 0 fully saturated rings. The number of nitro groups is 1. The van der Waals surface area contributed by atoms with Crippen LogP contribution in [0.4, 0.5) is 11.4 Å². The van der Waals surface area contributed by atoms with Gasteiger partial charge in [0.2, 0.25) is 0 Å². The van der Waals surface area contributed by atoms with E-state index in [0.29, 0.717) is 16.6 Å². The first-order valence-electron chi connectivity index (χ1n) is 8.64. The van der Waals surface area contributed by atoms with Gasteiger partial charge in [0.05, 0.1) is 16.1 Å². The van der Waals surface area contributed by atoms with Gasteiger partial charge in [0.25, 0.3) is 5.69 Å². The molecule has 0 spiro atoms. The van der Waals surface area contributed by atoms with Crippen LogP contribution < -0.4 is 5.73 Å². The Morgan fingerprint density at radius 2 is 1.83 bits per heavy atom. The van der Waals surface area contributed by atoms with E-state index in [1.54, 1.807) is 39.0 Å². The zero-order valence-corrected chi connectivity index (χ0v) is 16.0. The van der Waals surface area contributed by atoms with E-state index in [4.69, 9.17) is 10.5 Å². The van der Waals surface area contributed by atoms with Crippen LogP contribution in [0.5, 0.6) is 0 Å². The third-order valence-corrected chi connectivity index (χ3v) is 4.13. The Morgan fingerprint density at radius 3 is 2.38 bits per heavy atom. The number of carboxylic acid groups (broad SMARTS) is 1. The highest BCUT2D eigenvalue weighted by Crippen LogP contribution is 2.34. The Hall–Kier alpha value is -3.88. The van der Waals surface area contributed by atoms with Crippen LogP contribution in [-0.2, 0) is 4.74 Å². The summed E-state index contributed by atoms with van der Waals surface area (Å²) in [6, 6.07) is 8.53. The summed E-state index contributed by atoms with van der Waals surface area (Å²) in [5.41, 5.74) is 6.60. The molecule has 0 unspecified atom stereocenters. The number of aromatic carboxylic acids is 1. The van der Waals surface area contributed by atoms with Gasteiger partial charge in [-0.15, -0.1) is 0 Å². The minimum Gasteiger partial charge on any atom is -0.478 e. The van der Waals surface area contributed by atoms with Gasteiger partial charge in [-0.1, -0.05) is 0 Å². The van der Waals surface area contributed by atoms with Gasteiger partial charge in [-0.05, 0) is 51.1 Å². The number of nitrogens with zero attached hydrogens (tertiary/aromatic N) is 1. The summed E-state index contributed by atoms with van der Waals surface area (Å²) in [4.78, 5) is 37.1. The van der Waals surface area contributed by atoms with Crippen LogP contribution in [0.25, 0.3) is 22.2 Å². The Labute approximate surface area is 165 Å². The maximum absolute atomic E-state index is 12.2.